The van der Waals surface area contributed by atoms with Crippen molar-refractivity contribution in [2.24, 2.45) is 0 Å². The van der Waals surface area contributed by atoms with Crippen molar-refractivity contribution in [1.29, 1.82) is 0 Å². The Hall–Kier alpha value is -3.15. The van der Waals surface area contributed by atoms with Gasteiger partial charge in [-0.3, -0.25) is 14.4 Å². The molecule has 0 aromatic carbocycles. The molecule has 0 N–H and O–H groups in total. The summed E-state index contributed by atoms with van der Waals surface area (Å²) in [6.07, 6.45) is 93.8. The Bertz CT molecular complexity index is 1520. The second-order valence-corrected chi connectivity index (χ2v) is 24.5. The predicted molar refractivity (Wildman–Crippen MR) is 362 cm³/mol. The van der Waals surface area contributed by atoms with Crippen molar-refractivity contribution in [3.63, 3.8) is 0 Å². The SMILES string of the molecule is CCCCCCC/C=C\C/C=C\C/C=C\CCCCCCCCCCCCCCCCC(=O)OCC(COC(=O)CCCCCCCCCCC)OC(=O)CCCCCCCCCCCCCC/C=C\C/C=C\C/C=C\CCCCCCC. The van der Waals surface area contributed by atoms with Crippen molar-refractivity contribution in [3.05, 3.63) is 72.9 Å². The molecule has 0 saturated heterocycles. The lowest BCUT2D eigenvalue weighted by Crippen LogP contribution is -2.30. The molecule has 0 aliphatic rings. The maximum Gasteiger partial charge on any atom is 0.306 e. The first-order valence-electron chi connectivity index (χ1n) is 36.4. The highest BCUT2D eigenvalue weighted by atomic mass is 16.6. The first-order chi connectivity index (χ1) is 41.0. The second kappa shape index (κ2) is 71.3. The number of allylic oxidation sites excluding steroid dienone is 12. The van der Waals surface area contributed by atoms with E-state index in [1.54, 1.807) is 0 Å². The van der Waals surface area contributed by atoms with Crippen molar-refractivity contribution in [2.75, 3.05) is 13.2 Å². The number of ether oxygens (including phenoxy) is 3. The zero-order valence-electron chi connectivity index (χ0n) is 55.5. The summed E-state index contributed by atoms with van der Waals surface area (Å²) in [6.45, 7) is 6.65. The van der Waals surface area contributed by atoms with Gasteiger partial charge in [0.2, 0.25) is 0 Å². The lowest BCUT2D eigenvalue weighted by atomic mass is 10.0. The average Bonchev–Trinajstić information content (AvgIpc) is 3.49. The first-order valence-corrected chi connectivity index (χ1v) is 36.4. The van der Waals surface area contributed by atoms with E-state index in [0.717, 1.165) is 83.5 Å². The van der Waals surface area contributed by atoms with Crippen LogP contribution in [-0.4, -0.2) is 37.2 Å². The molecule has 0 aliphatic carbocycles. The van der Waals surface area contributed by atoms with Gasteiger partial charge < -0.3 is 14.2 Å². The van der Waals surface area contributed by atoms with E-state index in [1.165, 1.54) is 257 Å². The molecule has 83 heavy (non-hydrogen) atoms. The van der Waals surface area contributed by atoms with Gasteiger partial charge in [0.05, 0.1) is 0 Å². The Morgan fingerprint density at radius 1 is 0.241 bits per heavy atom. The van der Waals surface area contributed by atoms with Crippen molar-refractivity contribution >= 4 is 17.9 Å². The van der Waals surface area contributed by atoms with Gasteiger partial charge >= 0.3 is 17.9 Å². The maximum absolute atomic E-state index is 12.9. The Balaban J connectivity index is 4.13. The van der Waals surface area contributed by atoms with Gasteiger partial charge in [-0.25, -0.2) is 0 Å². The molecule has 0 radical (unpaired) electrons. The first kappa shape index (κ1) is 79.8. The fourth-order valence-corrected chi connectivity index (χ4v) is 10.7. The number of rotatable bonds is 67. The molecule has 0 spiro atoms. The van der Waals surface area contributed by atoms with Crippen LogP contribution in [0.5, 0.6) is 0 Å². The molecule has 0 fully saturated rings. The Kier molecular flexibility index (Phi) is 68.6. The van der Waals surface area contributed by atoms with Gasteiger partial charge in [-0.1, -0.05) is 338 Å². The Morgan fingerprint density at radius 2 is 0.434 bits per heavy atom. The van der Waals surface area contributed by atoms with Crippen LogP contribution < -0.4 is 0 Å². The third kappa shape index (κ3) is 69.5. The Labute approximate surface area is 516 Å². The van der Waals surface area contributed by atoms with Crippen LogP contribution >= 0.6 is 0 Å². The van der Waals surface area contributed by atoms with Crippen LogP contribution in [0.4, 0.5) is 0 Å². The Morgan fingerprint density at radius 3 is 0.675 bits per heavy atom. The molecular formula is C77H138O6. The fraction of sp³-hybridized carbons (Fsp3) is 0.805. The van der Waals surface area contributed by atoms with E-state index in [4.69, 9.17) is 14.2 Å². The number of carbonyl (C=O) groups is 3. The molecule has 0 rings (SSSR count). The summed E-state index contributed by atoms with van der Waals surface area (Å²) in [5, 5.41) is 0. The normalized spacial score (nSPS) is 12.5. The molecule has 0 aromatic rings. The van der Waals surface area contributed by atoms with Crippen molar-refractivity contribution in [3.8, 4) is 0 Å². The summed E-state index contributed by atoms with van der Waals surface area (Å²) in [7, 11) is 0. The van der Waals surface area contributed by atoms with Crippen molar-refractivity contribution < 1.29 is 28.6 Å². The largest absolute Gasteiger partial charge is 0.462 e. The standard InChI is InChI=1S/C77H138O6/c1-4-7-10-13-16-19-21-23-25-27-29-31-33-35-37-38-40-41-43-45-47-49-51-53-55-58-61-64-67-70-76(79)82-73-74(72-81-75(78)69-66-63-60-57-18-15-12-9-6-3)83-77(80)71-68-65-62-59-56-54-52-50-48-46-44-42-39-36-34-32-30-28-26-24-22-20-17-14-11-8-5-2/h21-24,27-30,33-36,74H,4-20,25-26,31-32,37-73H2,1-3H3/b23-21-,24-22-,29-27-,30-28-,35-33-,36-34-. The van der Waals surface area contributed by atoms with Crippen LogP contribution in [0.25, 0.3) is 0 Å². The van der Waals surface area contributed by atoms with Crippen LogP contribution in [0, 0.1) is 0 Å². The molecule has 0 saturated carbocycles. The minimum atomic E-state index is -0.775. The van der Waals surface area contributed by atoms with Crippen LogP contribution in [0.1, 0.15) is 380 Å². The number of carbonyl (C=O) groups excluding carboxylic acids is 3. The van der Waals surface area contributed by atoms with Crippen molar-refractivity contribution in [1.82, 2.24) is 0 Å². The number of hydrogen-bond acceptors (Lipinski definition) is 6. The molecule has 0 amide bonds. The van der Waals surface area contributed by atoms with Crippen molar-refractivity contribution in [2.45, 2.75) is 386 Å². The number of esters is 3. The zero-order chi connectivity index (χ0) is 59.9. The maximum atomic E-state index is 12.9. The molecule has 0 aromatic heterocycles. The van der Waals surface area contributed by atoms with E-state index in [2.05, 4.69) is 93.7 Å². The summed E-state index contributed by atoms with van der Waals surface area (Å²) in [5.74, 6) is -0.857. The van der Waals surface area contributed by atoms with Crippen LogP contribution in [0.15, 0.2) is 72.9 Å². The minimum Gasteiger partial charge on any atom is -0.462 e. The molecule has 0 heterocycles. The van der Waals surface area contributed by atoms with Gasteiger partial charge in [-0.05, 0) is 96.3 Å². The van der Waals surface area contributed by atoms with E-state index in [-0.39, 0.29) is 31.1 Å². The third-order valence-corrected chi connectivity index (χ3v) is 16.2. The van der Waals surface area contributed by atoms with E-state index in [0.29, 0.717) is 19.3 Å². The second-order valence-electron chi connectivity index (χ2n) is 24.5. The lowest BCUT2D eigenvalue weighted by Gasteiger charge is -2.18. The van der Waals surface area contributed by atoms with Crippen LogP contribution in [0.3, 0.4) is 0 Å². The summed E-state index contributed by atoms with van der Waals surface area (Å²) in [5.41, 5.74) is 0. The van der Waals surface area contributed by atoms with Gasteiger partial charge in [-0.2, -0.15) is 0 Å². The number of hydrogen-bond donors (Lipinski definition) is 0. The molecule has 0 aliphatic heterocycles. The zero-order valence-corrected chi connectivity index (χ0v) is 55.5. The molecule has 1 unspecified atom stereocenters. The topological polar surface area (TPSA) is 78.9 Å². The molecule has 0 bridgehead atoms. The quantitative estimate of drug-likeness (QED) is 0.0261. The van der Waals surface area contributed by atoms with E-state index < -0.39 is 6.10 Å². The van der Waals surface area contributed by atoms with Gasteiger partial charge in [0.25, 0.3) is 0 Å². The highest BCUT2D eigenvalue weighted by molar-refractivity contribution is 5.71. The highest BCUT2D eigenvalue weighted by Crippen LogP contribution is 2.18. The summed E-state index contributed by atoms with van der Waals surface area (Å²) in [6, 6.07) is 0. The predicted octanol–water partition coefficient (Wildman–Crippen LogP) is 25.2. The number of unbranched alkanes of at least 4 members (excludes halogenated alkanes) is 44. The molecule has 6 nitrogen and oxygen atoms in total. The van der Waals surface area contributed by atoms with E-state index >= 15 is 0 Å². The lowest BCUT2D eigenvalue weighted by molar-refractivity contribution is -0.167. The summed E-state index contributed by atoms with van der Waals surface area (Å²) in [4.78, 5) is 38.3. The summed E-state index contributed by atoms with van der Waals surface area (Å²) < 4.78 is 16.9. The van der Waals surface area contributed by atoms with Crippen LogP contribution in [-0.2, 0) is 28.6 Å². The van der Waals surface area contributed by atoms with Gasteiger partial charge in [-0.15, -0.1) is 0 Å². The van der Waals surface area contributed by atoms with Gasteiger partial charge in [0, 0.05) is 19.3 Å². The summed E-state index contributed by atoms with van der Waals surface area (Å²) >= 11 is 0. The highest BCUT2D eigenvalue weighted by Gasteiger charge is 2.19. The molecule has 1 atom stereocenters. The molecule has 6 heteroatoms. The van der Waals surface area contributed by atoms with E-state index in [9.17, 15) is 14.4 Å². The van der Waals surface area contributed by atoms with E-state index in [1.807, 2.05) is 0 Å². The van der Waals surface area contributed by atoms with Gasteiger partial charge in [0.15, 0.2) is 6.10 Å². The molecular weight excluding hydrogens is 1020 g/mol. The minimum absolute atomic E-state index is 0.0720. The van der Waals surface area contributed by atoms with Crippen LogP contribution in [0.2, 0.25) is 0 Å². The third-order valence-electron chi connectivity index (χ3n) is 16.2. The molecule has 482 valence electrons. The average molecular weight is 1160 g/mol. The fourth-order valence-electron chi connectivity index (χ4n) is 10.7. The van der Waals surface area contributed by atoms with Gasteiger partial charge in [0.1, 0.15) is 13.2 Å². The monoisotopic (exact) mass is 1160 g/mol. The smallest absolute Gasteiger partial charge is 0.306 e.